The van der Waals surface area contributed by atoms with Gasteiger partial charge in [-0.3, -0.25) is 9.59 Å². The Morgan fingerprint density at radius 1 is 1.06 bits per heavy atom. The second-order valence-electron chi connectivity index (χ2n) is 8.85. The zero-order valence-corrected chi connectivity index (χ0v) is 20.6. The van der Waals surface area contributed by atoms with Gasteiger partial charge >= 0.3 is 0 Å². The highest BCUT2D eigenvalue weighted by Gasteiger charge is 2.22. The number of thioether (sulfide) groups is 1. The fourth-order valence-corrected chi connectivity index (χ4v) is 3.71. The Kier molecular flexibility index (Phi) is 6.97. The number of amides is 2. The number of nitrogens with one attached hydrogen (secondary N) is 2. The van der Waals surface area contributed by atoms with E-state index in [9.17, 15) is 9.59 Å². The molecule has 0 bridgehead atoms. The monoisotopic (exact) mass is 491 g/mol. The molecule has 0 radical (unpaired) electrons. The molecule has 4 aromatic rings. The molecule has 2 heterocycles. The summed E-state index contributed by atoms with van der Waals surface area (Å²) in [5, 5.41) is 18.1. The minimum absolute atomic E-state index is 0.174. The van der Waals surface area contributed by atoms with Gasteiger partial charge in [0.2, 0.25) is 17.6 Å². The van der Waals surface area contributed by atoms with Gasteiger partial charge in [-0.25, -0.2) is 0 Å². The van der Waals surface area contributed by atoms with E-state index in [4.69, 9.17) is 4.52 Å². The molecule has 0 atom stereocenters. The fourth-order valence-electron chi connectivity index (χ4n) is 3.02. The van der Waals surface area contributed by atoms with E-state index in [2.05, 4.69) is 31.0 Å². The summed E-state index contributed by atoms with van der Waals surface area (Å²) in [7, 11) is 1.81. The number of rotatable bonds is 7. The predicted octanol–water partition coefficient (Wildman–Crippen LogP) is 4.15. The van der Waals surface area contributed by atoms with Gasteiger partial charge in [0.15, 0.2) is 5.16 Å². The summed E-state index contributed by atoms with van der Waals surface area (Å²) in [5.74, 6) is 0.726. The Labute approximate surface area is 206 Å². The number of nitrogens with zero attached hydrogens (tertiary/aromatic N) is 5. The van der Waals surface area contributed by atoms with Crippen molar-refractivity contribution in [1.29, 1.82) is 0 Å². The molecule has 0 fully saturated rings. The highest BCUT2D eigenvalue weighted by Crippen LogP contribution is 2.25. The van der Waals surface area contributed by atoms with E-state index in [-0.39, 0.29) is 23.0 Å². The van der Waals surface area contributed by atoms with Crippen LogP contribution in [0.2, 0.25) is 0 Å². The summed E-state index contributed by atoms with van der Waals surface area (Å²) in [4.78, 5) is 29.5. The molecular weight excluding hydrogens is 466 g/mol. The van der Waals surface area contributed by atoms with Gasteiger partial charge in [-0.15, -0.1) is 10.2 Å². The summed E-state index contributed by atoms with van der Waals surface area (Å²) >= 11 is 1.28. The molecule has 0 aliphatic rings. The zero-order valence-electron chi connectivity index (χ0n) is 19.8. The van der Waals surface area contributed by atoms with Crippen molar-refractivity contribution in [3.05, 3.63) is 66.3 Å². The van der Waals surface area contributed by atoms with E-state index < -0.39 is 0 Å². The lowest BCUT2D eigenvalue weighted by atomic mass is 9.97. The highest BCUT2D eigenvalue weighted by molar-refractivity contribution is 7.99. The maximum absolute atomic E-state index is 12.8. The maximum atomic E-state index is 12.8. The van der Waals surface area contributed by atoms with Crippen LogP contribution in [0.4, 0.5) is 11.4 Å². The van der Waals surface area contributed by atoms with Gasteiger partial charge in [-0.1, -0.05) is 43.8 Å². The van der Waals surface area contributed by atoms with Crippen molar-refractivity contribution in [2.45, 2.75) is 31.3 Å². The van der Waals surface area contributed by atoms with Crippen LogP contribution in [-0.2, 0) is 17.3 Å². The van der Waals surface area contributed by atoms with Crippen molar-refractivity contribution in [2.24, 2.45) is 7.05 Å². The number of anilines is 2. The highest BCUT2D eigenvalue weighted by atomic mass is 32.2. The maximum Gasteiger partial charge on any atom is 0.255 e. The van der Waals surface area contributed by atoms with E-state index in [0.717, 1.165) is 5.56 Å². The minimum Gasteiger partial charge on any atom is -0.338 e. The topological polar surface area (TPSA) is 128 Å². The second kappa shape index (κ2) is 10.1. The minimum atomic E-state index is -0.295. The summed E-state index contributed by atoms with van der Waals surface area (Å²) in [6.07, 6.45) is 1.57. The molecule has 2 aromatic heterocycles. The second-order valence-corrected chi connectivity index (χ2v) is 9.79. The lowest BCUT2D eigenvalue weighted by Crippen LogP contribution is -2.16. The lowest BCUT2D eigenvalue weighted by Gasteiger charge is -2.10. The van der Waals surface area contributed by atoms with E-state index >= 15 is 0 Å². The van der Waals surface area contributed by atoms with E-state index in [0.29, 0.717) is 33.8 Å². The van der Waals surface area contributed by atoms with Crippen LogP contribution in [-0.4, -0.2) is 42.5 Å². The van der Waals surface area contributed by atoms with E-state index in [1.807, 2.05) is 40.0 Å². The average Bonchev–Trinajstić information content (AvgIpc) is 3.48. The van der Waals surface area contributed by atoms with Crippen LogP contribution in [0.25, 0.3) is 11.4 Å². The molecule has 35 heavy (non-hydrogen) atoms. The zero-order chi connectivity index (χ0) is 25.0. The molecule has 2 amide bonds. The lowest BCUT2D eigenvalue weighted by molar-refractivity contribution is -0.113. The summed E-state index contributed by atoms with van der Waals surface area (Å²) < 4.78 is 7.08. The molecule has 0 aliphatic heterocycles. The molecule has 11 heteroatoms. The quantitative estimate of drug-likeness (QED) is 0.369. The Bertz CT molecular complexity index is 1340. The van der Waals surface area contributed by atoms with Crippen molar-refractivity contribution in [1.82, 2.24) is 24.9 Å². The van der Waals surface area contributed by atoms with Gasteiger partial charge in [0, 0.05) is 35.0 Å². The third kappa shape index (κ3) is 6.12. The molecule has 2 aromatic carbocycles. The third-order valence-corrected chi connectivity index (χ3v) is 5.91. The smallest absolute Gasteiger partial charge is 0.255 e. The number of hydrogen-bond acceptors (Lipinski definition) is 8. The molecule has 0 saturated heterocycles. The van der Waals surface area contributed by atoms with Crippen molar-refractivity contribution < 1.29 is 14.1 Å². The molecule has 10 nitrogen and oxygen atoms in total. The van der Waals surface area contributed by atoms with Gasteiger partial charge in [0.05, 0.1) is 5.75 Å². The van der Waals surface area contributed by atoms with Crippen LogP contribution in [0.5, 0.6) is 0 Å². The van der Waals surface area contributed by atoms with Gasteiger partial charge in [0.25, 0.3) is 5.91 Å². The van der Waals surface area contributed by atoms with Gasteiger partial charge in [-0.2, -0.15) is 4.98 Å². The van der Waals surface area contributed by atoms with Crippen LogP contribution in [0.3, 0.4) is 0 Å². The normalized spacial score (nSPS) is 11.3. The van der Waals surface area contributed by atoms with Crippen LogP contribution < -0.4 is 10.6 Å². The molecule has 2 N–H and O–H groups in total. The summed E-state index contributed by atoms with van der Waals surface area (Å²) in [6.45, 7) is 6.01. The van der Waals surface area contributed by atoms with Crippen molar-refractivity contribution in [3.63, 3.8) is 0 Å². The first-order chi connectivity index (χ1) is 16.7. The third-order valence-electron chi connectivity index (χ3n) is 4.88. The molecule has 0 aliphatic carbocycles. The average molecular weight is 492 g/mol. The first-order valence-corrected chi connectivity index (χ1v) is 11.8. The van der Waals surface area contributed by atoms with E-state index in [1.54, 1.807) is 47.3 Å². The molecule has 0 unspecified atom stereocenters. The number of benzene rings is 2. The van der Waals surface area contributed by atoms with Gasteiger partial charge in [0.1, 0.15) is 6.33 Å². The number of hydrogen-bond donors (Lipinski definition) is 2. The Hall–Kier alpha value is -3.99. The van der Waals surface area contributed by atoms with Crippen molar-refractivity contribution in [2.75, 3.05) is 16.4 Å². The molecule has 180 valence electrons. The first-order valence-electron chi connectivity index (χ1n) is 10.8. The Balaban J connectivity index is 1.35. The number of aryl methyl sites for hydroxylation is 1. The molecule has 0 saturated carbocycles. The number of carbonyl (C=O) groups is 2. The van der Waals surface area contributed by atoms with Crippen LogP contribution >= 0.6 is 11.8 Å². The molecule has 0 spiro atoms. The molecular formula is C24H25N7O3S. The number of carbonyl (C=O) groups excluding carboxylic acids is 2. The summed E-state index contributed by atoms with van der Waals surface area (Å²) in [6, 6.07) is 13.9. The first kappa shape index (κ1) is 24.1. The van der Waals surface area contributed by atoms with E-state index in [1.165, 1.54) is 11.8 Å². The van der Waals surface area contributed by atoms with Gasteiger partial charge in [-0.05, 0) is 42.5 Å². The SMILES string of the molecule is Cn1cnnc1SCC(=O)Nc1cccc(C(=O)Nc2ccc(-c3noc(C(C)(C)C)n3)cc2)c1. The van der Waals surface area contributed by atoms with Crippen LogP contribution in [0.15, 0.2) is 64.5 Å². The van der Waals surface area contributed by atoms with Crippen molar-refractivity contribution in [3.8, 4) is 11.4 Å². The molecule has 4 rings (SSSR count). The summed E-state index contributed by atoms with van der Waals surface area (Å²) in [5.41, 5.74) is 2.12. The fraction of sp³-hybridized carbons (Fsp3) is 0.250. The Morgan fingerprint density at radius 2 is 1.83 bits per heavy atom. The Morgan fingerprint density at radius 3 is 2.49 bits per heavy atom. The van der Waals surface area contributed by atoms with Crippen LogP contribution in [0.1, 0.15) is 37.0 Å². The number of aromatic nitrogens is 5. The standard InChI is InChI=1S/C24H25N7O3S/c1-24(2,3)22-28-20(30-34-22)15-8-10-17(11-9-15)27-21(33)16-6-5-7-18(12-16)26-19(32)13-35-23-29-25-14-31(23)4/h5-12,14H,13H2,1-4H3,(H,26,32)(H,27,33). The largest absolute Gasteiger partial charge is 0.338 e. The predicted molar refractivity (Wildman–Crippen MR) is 133 cm³/mol. The van der Waals surface area contributed by atoms with Crippen LogP contribution in [0, 0.1) is 0 Å². The van der Waals surface area contributed by atoms with Crippen molar-refractivity contribution >= 4 is 35.0 Å². The van der Waals surface area contributed by atoms with Gasteiger partial charge < -0.3 is 19.7 Å².